The van der Waals surface area contributed by atoms with Gasteiger partial charge in [0.15, 0.2) is 11.6 Å². The molecule has 8 heteroatoms. The van der Waals surface area contributed by atoms with E-state index >= 15 is 0 Å². The molecule has 0 aliphatic carbocycles. The van der Waals surface area contributed by atoms with Crippen molar-refractivity contribution in [3.63, 3.8) is 0 Å². The van der Waals surface area contributed by atoms with Crippen LogP contribution in [0.4, 0.5) is 0 Å². The minimum absolute atomic E-state index is 0.414. The van der Waals surface area contributed by atoms with Crippen molar-refractivity contribution in [1.29, 1.82) is 0 Å². The Morgan fingerprint density at radius 2 is 1.93 bits per heavy atom. The lowest BCUT2D eigenvalue weighted by molar-refractivity contribution is 0.318. The lowest BCUT2D eigenvalue weighted by Gasteiger charge is -2.09. The zero-order valence-corrected chi connectivity index (χ0v) is 17.0. The normalized spacial score (nSPS) is 11.2. The Kier molecular flexibility index (Phi) is 6.66. The van der Waals surface area contributed by atoms with E-state index in [1.54, 1.807) is 23.0 Å². The lowest BCUT2D eigenvalue weighted by atomic mass is 10.1. The number of nitrogens with one attached hydrogen (secondary N) is 1. The first-order valence-electron chi connectivity index (χ1n) is 8.45. The number of hydrogen-bond acceptors (Lipinski definition) is 4. The van der Waals surface area contributed by atoms with E-state index in [0.29, 0.717) is 39.4 Å². The van der Waals surface area contributed by atoms with Crippen molar-refractivity contribution in [3.8, 4) is 5.75 Å². The number of nitrogens with zero attached hydrogens (tertiary/aromatic N) is 3. The molecule has 1 heterocycles. The van der Waals surface area contributed by atoms with Crippen LogP contribution in [0.5, 0.6) is 5.75 Å². The summed E-state index contributed by atoms with van der Waals surface area (Å²) in [5.74, 6) is 1.20. The largest absolute Gasteiger partial charge is 0.490 e. The van der Waals surface area contributed by atoms with Gasteiger partial charge in [0, 0.05) is 6.42 Å². The van der Waals surface area contributed by atoms with Gasteiger partial charge in [0.25, 0.3) is 0 Å². The minimum Gasteiger partial charge on any atom is -0.490 e. The molecule has 27 heavy (non-hydrogen) atoms. The Labute approximate surface area is 172 Å². The van der Waals surface area contributed by atoms with Gasteiger partial charge >= 0.3 is 0 Å². The second kappa shape index (κ2) is 9.17. The Balaban J connectivity index is 1.84. The van der Waals surface area contributed by atoms with Crippen molar-refractivity contribution in [2.45, 2.75) is 19.8 Å². The third-order valence-electron chi connectivity index (χ3n) is 3.72. The second-order valence-corrected chi connectivity index (χ2v) is 7.03. The lowest BCUT2D eigenvalue weighted by Crippen LogP contribution is -2.01. The van der Waals surface area contributed by atoms with Crippen LogP contribution in [0.25, 0.3) is 0 Å². The second-order valence-electron chi connectivity index (χ2n) is 5.83. The Hall–Kier alpha value is -2.15. The summed E-state index contributed by atoms with van der Waals surface area (Å²) in [6.07, 6.45) is 3.12. The highest BCUT2D eigenvalue weighted by Crippen LogP contribution is 2.34. The maximum atomic E-state index is 6.28. The van der Waals surface area contributed by atoms with E-state index in [4.69, 9.17) is 40.2 Å². The number of benzene rings is 2. The molecule has 140 valence electrons. The standard InChI is InChI=1S/C19H18Cl2N4OS/c1-2-8-26-18-15(20)9-14(10-16(18)21)12-22-25-17(23-24-19(25)27)11-13-6-4-3-5-7-13/h3-7,9-10,12H,2,8,11H2,1H3,(H,24,27)/b22-12-. The van der Waals surface area contributed by atoms with E-state index in [1.807, 2.05) is 37.3 Å². The van der Waals surface area contributed by atoms with Crippen LogP contribution in [0, 0.1) is 4.77 Å². The molecule has 0 radical (unpaired) electrons. The van der Waals surface area contributed by atoms with Crippen molar-refractivity contribution in [3.05, 3.63) is 74.2 Å². The Morgan fingerprint density at radius 3 is 2.59 bits per heavy atom. The molecule has 0 unspecified atom stereocenters. The topological polar surface area (TPSA) is 55.2 Å². The number of aromatic amines is 1. The van der Waals surface area contributed by atoms with Gasteiger partial charge in [-0.1, -0.05) is 60.5 Å². The zero-order chi connectivity index (χ0) is 19.2. The molecule has 0 aliphatic heterocycles. The molecule has 0 fully saturated rings. The minimum atomic E-state index is 0.414. The summed E-state index contributed by atoms with van der Waals surface area (Å²) in [5, 5.41) is 12.4. The van der Waals surface area contributed by atoms with Crippen molar-refractivity contribution in [1.82, 2.24) is 14.9 Å². The van der Waals surface area contributed by atoms with Gasteiger partial charge in [0.1, 0.15) is 0 Å². The molecule has 0 spiro atoms. The van der Waals surface area contributed by atoms with Crippen molar-refractivity contribution >= 4 is 41.6 Å². The molecule has 0 bridgehead atoms. The van der Waals surface area contributed by atoms with Gasteiger partial charge in [-0.25, -0.2) is 0 Å². The van der Waals surface area contributed by atoms with Gasteiger partial charge in [0.05, 0.1) is 22.9 Å². The molecule has 1 N–H and O–H groups in total. The Morgan fingerprint density at radius 1 is 1.22 bits per heavy atom. The predicted octanol–water partition coefficient (Wildman–Crippen LogP) is 5.51. The highest BCUT2D eigenvalue weighted by Gasteiger charge is 2.10. The van der Waals surface area contributed by atoms with E-state index < -0.39 is 0 Å². The maximum Gasteiger partial charge on any atom is 0.216 e. The fraction of sp³-hybridized carbons (Fsp3) is 0.211. The summed E-state index contributed by atoms with van der Waals surface area (Å²) in [6, 6.07) is 13.5. The SMILES string of the molecule is CCCOc1c(Cl)cc(/C=N\n2c(Cc3ccccc3)n[nH]c2=S)cc1Cl. The summed E-state index contributed by atoms with van der Waals surface area (Å²) in [7, 11) is 0. The average molecular weight is 421 g/mol. The number of rotatable bonds is 7. The number of halogens is 2. The van der Waals surface area contributed by atoms with Gasteiger partial charge < -0.3 is 4.74 Å². The van der Waals surface area contributed by atoms with Crippen LogP contribution in [0.2, 0.25) is 10.0 Å². The average Bonchev–Trinajstić information content (AvgIpc) is 3.00. The van der Waals surface area contributed by atoms with E-state index in [-0.39, 0.29) is 0 Å². The quantitative estimate of drug-likeness (QED) is 0.404. The molecule has 5 nitrogen and oxygen atoms in total. The van der Waals surface area contributed by atoms with Crippen LogP contribution in [-0.4, -0.2) is 27.7 Å². The van der Waals surface area contributed by atoms with Gasteiger partial charge in [-0.2, -0.15) is 14.9 Å². The van der Waals surface area contributed by atoms with Gasteiger partial charge in [-0.15, -0.1) is 0 Å². The van der Waals surface area contributed by atoms with Crippen LogP contribution in [0.1, 0.15) is 30.3 Å². The van der Waals surface area contributed by atoms with Crippen LogP contribution >= 0.6 is 35.4 Å². The number of H-pyrrole nitrogens is 1. The summed E-state index contributed by atoms with van der Waals surface area (Å²) in [5.41, 5.74) is 1.86. The van der Waals surface area contributed by atoms with Crippen LogP contribution in [-0.2, 0) is 6.42 Å². The molecule has 1 aromatic heterocycles. The summed E-state index contributed by atoms with van der Waals surface area (Å²) < 4.78 is 7.58. The molecule has 3 rings (SSSR count). The first kappa shape index (κ1) is 19.6. The molecule has 2 aromatic carbocycles. The molecule has 0 amide bonds. The van der Waals surface area contributed by atoms with E-state index in [0.717, 1.165) is 17.5 Å². The van der Waals surface area contributed by atoms with Gasteiger partial charge in [-0.3, -0.25) is 5.10 Å². The maximum absolute atomic E-state index is 6.28. The molecule has 0 saturated carbocycles. The molecule has 0 aliphatic rings. The van der Waals surface area contributed by atoms with E-state index in [1.165, 1.54) is 0 Å². The van der Waals surface area contributed by atoms with Crippen molar-refractivity contribution < 1.29 is 4.74 Å². The zero-order valence-electron chi connectivity index (χ0n) is 14.7. The third kappa shape index (κ3) is 4.97. The van der Waals surface area contributed by atoms with Crippen LogP contribution < -0.4 is 4.74 Å². The van der Waals surface area contributed by atoms with Crippen molar-refractivity contribution in [2.75, 3.05) is 6.61 Å². The number of aromatic nitrogens is 3. The number of hydrogen-bond donors (Lipinski definition) is 1. The van der Waals surface area contributed by atoms with Crippen molar-refractivity contribution in [2.24, 2.45) is 5.10 Å². The number of ether oxygens (including phenoxy) is 1. The molecule has 3 aromatic rings. The van der Waals surface area contributed by atoms with Crippen LogP contribution in [0.15, 0.2) is 47.6 Å². The van der Waals surface area contributed by atoms with E-state index in [2.05, 4.69) is 15.3 Å². The first-order chi connectivity index (χ1) is 13.1. The monoisotopic (exact) mass is 420 g/mol. The molecular weight excluding hydrogens is 403 g/mol. The smallest absolute Gasteiger partial charge is 0.216 e. The fourth-order valence-corrected chi connectivity index (χ4v) is 3.27. The predicted molar refractivity (Wildman–Crippen MR) is 112 cm³/mol. The highest BCUT2D eigenvalue weighted by molar-refractivity contribution is 7.71. The molecule has 0 atom stereocenters. The molecule has 0 saturated heterocycles. The van der Waals surface area contributed by atoms with Gasteiger partial charge in [-0.05, 0) is 41.9 Å². The summed E-state index contributed by atoms with van der Waals surface area (Å²) in [4.78, 5) is 0. The summed E-state index contributed by atoms with van der Waals surface area (Å²) >= 11 is 17.9. The first-order valence-corrected chi connectivity index (χ1v) is 9.61. The third-order valence-corrected chi connectivity index (χ3v) is 4.54. The highest BCUT2D eigenvalue weighted by atomic mass is 35.5. The van der Waals surface area contributed by atoms with Crippen LogP contribution in [0.3, 0.4) is 0 Å². The van der Waals surface area contributed by atoms with E-state index in [9.17, 15) is 0 Å². The molecular formula is C19H18Cl2N4OS. The fourth-order valence-electron chi connectivity index (χ4n) is 2.46. The summed E-state index contributed by atoms with van der Waals surface area (Å²) in [6.45, 7) is 2.57. The van der Waals surface area contributed by atoms with Gasteiger partial charge in [0.2, 0.25) is 4.77 Å². The Bertz CT molecular complexity index is 975.